The van der Waals surface area contributed by atoms with Gasteiger partial charge in [-0.3, -0.25) is 10.4 Å². The largest absolute Gasteiger partial charge is 0.496 e. The van der Waals surface area contributed by atoms with Gasteiger partial charge in [0.05, 0.1) is 24.5 Å². The van der Waals surface area contributed by atoms with Crippen molar-refractivity contribution in [3.05, 3.63) is 64.8 Å². The lowest BCUT2D eigenvalue weighted by Gasteiger charge is -2.06. The molecule has 22 heavy (non-hydrogen) atoms. The van der Waals surface area contributed by atoms with Crippen molar-refractivity contribution in [1.82, 2.24) is 4.98 Å². The number of hydrazone groups is 1. The molecule has 110 valence electrons. The van der Waals surface area contributed by atoms with Crippen LogP contribution in [0.5, 0.6) is 5.75 Å². The molecule has 0 radical (unpaired) electrons. The Kier molecular flexibility index (Phi) is 4.34. The van der Waals surface area contributed by atoms with Crippen molar-refractivity contribution >= 4 is 38.7 Å². The molecule has 4 nitrogen and oxygen atoms in total. The van der Waals surface area contributed by atoms with Crippen molar-refractivity contribution in [1.29, 1.82) is 0 Å². The van der Waals surface area contributed by atoms with Gasteiger partial charge in [0.2, 0.25) is 0 Å². The van der Waals surface area contributed by atoms with Gasteiger partial charge in [-0.15, -0.1) is 0 Å². The number of nitrogens with one attached hydrogen (secondary N) is 1. The van der Waals surface area contributed by atoms with Crippen LogP contribution in [0.1, 0.15) is 5.56 Å². The highest BCUT2D eigenvalue weighted by atomic mass is 79.9. The molecule has 2 aromatic carbocycles. The second-order valence-corrected chi connectivity index (χ2v) is 5.55. The zero-order valence-electron chi connectivity index (χ0n) is 12.0. The summed E-state index contributed by atoms with van der Waals surface area (Å²) < 4.78 is 6.29. The summed E-state index contributed by atoms with van der Waals surface area (Å²) >= 11 is 3.45. The first-order valence-electron chi connectivity index (χ1n) is 6.74. The van der Waals surface area contributed by atoms with Crippen LogP contribution in [0.15, 0.2) is 64.3 Å². The standard InChI is InChI=1S/C17H14BrN3O/c1-22-16-8-7-14(18)10-13(16)11-20-21-15-6-2-4-12-5-3-9-19-17(12)15/h2-11,21H,1H3/b20-11+. The molecule has 0 spiro atoms. The normalized spacial score (nSPS) is 11.0. The first-order chi connectivity index (χ1) is 10.8. The zero-order chi connectivity index (χ0) is 15.4. The van der Waals surface area contributed by atoms with Crippen LogP contribution in [0.2, 0.25) is 0 Å². The first-order valence-corrected chi connectivity index (χ1v) is 7.53. The van der Waals surface area contributed by atoms with Crippen molar-refractivity contribution in [3.8, 4) is 5.75 Å². The summed E-state index contributed by atoms with van der Waals surface area (Å²) in [5.74, 6) is 0.768. The number of methoxy groups -OCH3 is 1. The zero-order valence-corrected chi connectivity index (χ0v) is 13.5. The van der Waals surface area contributed by atoms with E-state index >= 15 is 0 Å². The predicted octanol–water partition coefficient (Wildman–Crippen LogP) is 4.45. The maximum absolute atomic E-state index is 5.32. The number of rotatable bonds is 4. The smallest absolute Gasteiger partial charge is 0.127 e. The van der Waals surface area contributed by atoms with Crippen LogP contribution in [-0.2, 0) is 0 Å². The molecule has 0 fully saturated rings. The number of nitrogens with zero attached hydrogens (tertiary/aromatic N) is 2. The molecule has 0 aliphatic carbocycles. The first kappa shape index (κ1) is 14.5. The fraction of sp³-hybridized carbons (Fsp3) is 0.0588. The van der Waals surface area contributed by atoms with Crippen molar-refractivity contribution in [2.75, 3.05) is 12.5 Å². The van der Waals surface area contributed by atoms with Crippen LogP contribution < -0.4 is 10.2 Å². The average Bonchev–Trinajstić information content (AvgIpc) is 2.55. The quantitative estimate of drug-likeness (QED) is 0.555. The Labute approximate surface area is 137 Å². The molecular formula is C17H14BrN3O. The van der Waals surface area contributed by atoms with Crippen LogP contribution >= 0.6 is 15.9 Å². The summed E-state index contributed by atoms with van der Waals surface area (Å²) in [5.41, 5.74) is 5.69. The maximum atomic E-state index is 5.32. The summed E-state index contributed by atoms with van der Waals surface area (Å²) in [5, 5.41) is 5.37. The SMILES string of the molecule is COc1ccc(Br)cc1/C=N/Nc1cccc2cccnc12. The molecule has 0 unspecified atom stereocenters. The summed E-state index contributed by atoms with van der Waals surface area (Å²) in [6.45, 7) is 0. The van der Waals surface area contributed by atoms with E-state index in [0.717, 1.165) is 32.4 Å². The molecule has 1 N–H and O–H groups in total. The highest BCUT2D eigenvalue weighted by Crippen LogP contribution is 2.22. The third kappa shape index (κ3) is 3.09. The van der Waals surface area contributed by atoms with Gasteiger partial charge in [-0.1, -0.05) is 34.1 Å². The van der Waals surface area contributed by atoms with Crippen LogP contribution in [0.3, 0.4) is 0 Å². The Morgan fingerprint density at radius 1 is 1.18 bits per heavy atom. The predicted molar refractivity (Wildman–Crippen MR) is 93.7 cm³/mol. The molecule has 0 aliphatic rings. The van der Waals surface area contributed by atoms with Crippen LogP contribution in [0.25, 0.3) is 10.9 Å². The number of hydrogen-bond donors (Lipinski definition) is 1. The van der Waals surface area contributed by atoms with Gasteiger partial charge in [0.1, 0.15) is 5.75 Å². The van der Waals surface area contributed by atoms with E-state index in [1.807, 2.05) is 48.5 Å². The van der Waals surface area contributed by atoms with Crippen LogP contribution in [0.4, 0.5) is 5.69 Å². The number of aromatic nitrogens is 1. The van der Waals surface area contributed by atoms with E-state index in [1.54, 1.807) is 19.5 Å². The number of anilines is 1. The highest BCUT2D eigenvalue weighted by molar-refractivity contribution is 9.10. The second-order valence-electron chi connectivity index (χ2n) is 4.64. The Hall–Kier alpha value is -2.40. The number of fused-ring (bicyclic) bond motifs is 1. The van der Waals surface area contributed by atoms with Crippen molar-refractivity contribution in [2.45, 2.75) is 0 Å². The molecule has 3 rings (SSSR count). The molecule has 0 aliphatic heterocycles. The lowest BCUT2D eigenvalue weighted by atomic mass is 10.2. The van der Waals surface area contributed by atoms with Gasteiger partial charge in [-0.25, -0.2) is 0 Å². The van der Waals surface area contributed by atoms with E-state index in [9.17, 15) is 0 Å². The van der Waals surface area contributed by atoms with E-state index in [2.05, 4.69) is 31.4 Å². The summed E-state index contributed by atoms with van der Waals surface area (Å²) in [4.78, 5) is 4.39. The Morgan fingerprint density at radius 2 is 2.05 bits per heavy atom. The van der Waals surface area contributed by atoms with Gasteiger partial charge in [-0.05, 0) is 30.3 Å². The molecule has 1 aromatic heterocycles. The second kappa shape index (κ2) is 6.58. The summed E-state index contributed by atoms with van der Waals surface area (Å²) in [7, 11) is 1.64. The third-order valence-corrected chi connectivity index (χ3v) is 3.71. The number of benzene rings is 2. The lowest BCUT2D eigenvalue weighted by molar-refractivity contribution is 0.414. The van der Waals surface area contributed by atoms with Gasteiger partial charge in [0, 0.05) is 21.6 Å². The molecule has 0 bridgehead atoms. The summed E-state index contributed by atoms with van der Waals surface area (Å²) in [6, 6.07) is 15.7. The average molecular weight is 356 g/mol. The lowest BCUT2D eigenvalue weighted by Crippen LogP contribution is -1.95. The number of pyridine rings is 1. The molecule has 1 heterocycles. The van der Waals surface area contributed by atoms with Gasteiger partial charge >= 0.3 is 0 Å². The van der Waals surface area contributed by atoms with Gasteiger partial charge in [-0.2, -0.15) is 5.10 Å². The number of hydrogen-bond acceptors (Lipinski definition) is 4. The minimum atomic E-state index is 0.768. The molecule has 5 heteroatoms. The molecule has 0 saturated heterocycles. The van der Waals surface area contributed by atoms with E-state index in [0.29, 0.717) is 0 Å². The van der Waals surface area contributed by atoms with E-state index in [1.165, 1.54) is 0 Å². The minimum absolute atomic E-state index is 0.768. The van der Waals surface area contributed by atoms with Crippen LogP contribution in [-0.4, -0.2) is 18.3 Å². The van der Waals surface area contributed by atoms with Crippen LogP contribution in [0, 0.1) is 0 Å². The fourth-order valence-corrected chi connectivity index (χ4v) is 2.55. The minimum Gasteiger partial charge on any atom is -0.496 e. The van der Waals surface area contributed by atoms with Crippen molar-refractivity contribution in [3.63, 3.8) is 0 Å². The maximum Gasteiger partial charge on any atom is 0.127 e. The van der Waals surface area contributed by atoms with E-state index in [4.69, 9.17) is 4.74 Å². The summed E-state index contributed by atoms with van der Waals surface area (Å²) in [6.07, 6.45) is 3.50. The topological polar surface area (TPSA) is 46.5 Å². The molecule has 3 aromatic rings. The van der Waals surface area contributed by atoms with Gasteiger partial charge < -0.3 is 4.74 Å². The number of ether oxygens (including phenoxy) is 1. The molecule has 0 amide bonds. The fourth-order valence-electron chi connectivity index (χ4n) is 2.17. The third-order valence-electron chi connectivity index (χ3n) is 3.21. The number of halogens is 1. The Balaban J connectivity index is 1.86. The van der Waals surface area contributed by atoms with E-state index < -0.39 is 0 Å². The van der Waals surface area contributed by atoms with Crippen molar-refractivity contribution in [2.24, 2.45) is 5.10 Å². The molecule has 0 saturated carbocycles. The highest BCUT2D eigenvalue weighted by Gasteiger charge is 2.02. The monoisotopic (exact) mass is 355 g/mol. The van der Waals surface area contributed by atoms with E-state index in [-0.39, 0.29) is 0 Å². The Bertz CT molecular complexity index is 828. The number of para-hydroxylation sites is 1. The van der Waals surface area contributed by atoms with Gasteiger partial charge in [0.25, 0.3) is 0 Å². The molecular weight excluding hydrogens is 342 g/mol. The van der Waals surface area contributed by atoms with Gasteiger partial charge in [0.15, 0.2) is 0 Å². The van der Waals surface area contributed by atoms with Crippen molar-refractivity contribution < 1.29 is 4.74 Å². The molecule has 0 atom stereocenters. The Morgan fingerprint density at radius 3 is 2.91 bits per heavy atom.